The third-order valence-corrected chi connectivity index (χ3v) is 4.32. The summed E-state index contributed by atoms with van der Waals surface area (Å²) in [5, 5.41) is 3.64. The van der Waals surface area contributed by atoms with Crippen molar-refractivity contribution < 1.29 is 4.74 Å². The van der Waals surface area contributed by atoms with Crippen LogP contribution in [0, 0.1) is 0 Å². The number of benzene rings is 1. The van der Waals surface area contributed by atoms with Crippen LogP contribution in [0.3, 0.4) is 0 Å². The second kappa shape index (κ2) is 8.28. The Labute approximate surface area is 120 Å². The zero-order valence-electron chi connectivity index (χ0n) is 11.6. The SMILES string of the molecule is CCCNC(CSc1ccccc1)C1=COCCC1. The molecule has 0 amide bonds. The van der Waals surface area contributed by atoms with Gasteiger partial charge in [-0.25, -0.2) is 0 Å². The molecule has 1 aliphatic heterocycles. The molecule has 1 heterocycles. The minimum absolute atomic E-state index is 0.436. The van der Waals surface area contributed by atoms with E-state index in [4.69, 9.17) is 4.74 Å². The van der Waals surface area contributed by atoms with E-state index in [1.807, 2.05) is 18.0 Å². The maximum absolute atomic E-state index is 5.48. The highest BCUT2D eigenvalue weighted by Crippen LogP contribution is 2.23. The summed E-state index contributed by atoms with van der Waals surface area (Å²) < 4.78 is 5.48. The van der Waals surface area contributed by atoms with Gasteiger partial charge in [0, 0.05) is 16.7 Å². The van der Waals surface area contributed by atoms with Crippen molar-refractivity contribution in [3.05, 3.63) is 42.2 Å². The molecule has 19 heavy (non-hydrogen) atoms. The molecule has 1 atom stereocenters. The van der Waals surface area contributed by atoms with Crippen molar-refractivity contribution in [1.82, 2.24) is 5.32 Å². The van der Waals surface area contributed by atoms with Crippen LogP contribution in [-0.4, -0.2) is 24.9 Å². The Balaban J connectivity index is 1.91. The lowest BCUT2D eigenvalue weighted by atomic mass is 10.0. The molecule has 0 fully saturated rings. The third-order valence-electron chi connectivity index (χ3n) is 3.21. The average Bonchev–Trinajstić information content (AvgIpc) is 2.49. The van der Waals surface area contributed by atoms with Crippen molar-refractivity contribution in [2.75, 3.05) is 18.9 Å². The fourth-order valence-electron chi connectivity index (χ4n) is 2.15. The fourth-order valence-corrected chi connectivity index (χ4v) is 3.19. The first-order chi connectivity index (χ1) is 9.40. The van der Waals surface area contributed by atoms with Gasteiger partial charge in [0.25, 0.3) is 0 Å². The van der Waals surface area contributed by atoms with Gasteiger partial charge >= 0.3 is 0 Å². The first kappa shape index (κ1) is 14.5. The zero-order chi connectivity index (χ0) is 13.3. The van der Waals surface area contributed by atoms with E-state index in [2.05, 4.69) is 42.6 Å². The Morgan fingerprint density at radius 3 is 2.84 bits per heavy atom. The number of rotatable bonds is 7. The molecule has 0 radical (unpaired) electrons. The summed E-state index contributed by atoms with van der Waals surface area (Å²) in [5.41, 5.74) is 1.42. The van der Waals surface area contributed by atoms with Gasteiger partial charge in [-0.3, -0.25) is 0 Å². The second-order valence-corrected chi connectivity index (χ2v) is 5.89. The van der Waals surface area contributed by atoms with Crippen LogP contribution in [0.15, 0.2) is 47.1 Å². The Bertz CT molecular complexity index is 391. The quantitative estimate of drug-likeness (QED) is 0.765. The molecule has 1 aliphatic rings. The molecule has 0 aliphatic carbocycles. The predicted molar refractivity (Wildman–Crippen MR) is 82.5 cm³/mol. The van der Waals surface area contributed by atoms with Crippen molar-refractivity contribution in [1.29, 1.82) is 0 Å². The minimum Gasteiger partial charge on any atom is -0.501 e. The van der Waals surface area contributed by atoms with Crippen molar-refractivity contribution in [3.63, 3.8) is 0 Å². The molecule has 0 saturated carbocycles. The van der Waals surface area contributed by atoms with Gasteiger partial charge in [-0.1, -0.05) is 25.1 Å². The highest BCUT2D eigenvalue weighted by Gasteiger charge is 2.16. The van der Waals surface area contributed by atoms with Crippen LogP contribution in [0.25, 0.3) is 0 Å². The predicted octanol–water partition coefficient (Wildman–Crippen LogP) is 3.84. The highest BCUT2D eigenvalue weighted by atomic mass is 32.2. The zero-order valence-corrected chi connectivity index (χ0v) is 12.4. The van der Waals surface area contributed by atoms with Crippen LogP contribution in [0.5, 0.6) is 0 Å². The maximum Gasteiger partial charge on any atom is 0.0876 e. The minimum atomic E-state index is 0.436. The summed E-state index contributed by atoms with van der Waals surface area (Å²) in [7, 11) is 0. The van der Waals surface area contributed by atoms with E-state index in [0.29, 0.717) is 6.04 Å². The number of ether oxygens (including phenoxy) is 1. The van der Waals surface area contributed by atoms with Crippen molar-refractivity contribution in [3.8, 4) is 0 Å². The van der Waals surface area contributed by atoms with E-state index in [1.54, 1.807) is 0 Å². The Morgan fingerprint density at radius 1 is 1.32 bits per heavy atom. The summed E-state index contributed by atoms with van der Waals surface area (Å²) in [4.78, 5) is 1.34. The topological polar surface area (TPSA) is 21.3 Å². The molecule has 2 rings (SSSR count). The van der Waals surface area contributed by atoms with Gasteiger partial charge in [0.2, 0.25) is 0 Å². The molecule has 1 aromatic rings. The highest BCUT2D eigenvalue weighted by molar-refractivity contribution is 7.99. The first-order valence-electron chi connectivity index (χ1n) is 7.12. The first-order valence-corrected chi connectivity index (χ1v) is 8.10. The van der Waals surface area contributed by atoms with Gasteiger partial charge in [-0.15, -0.1) is 11.8 Å². The van der Waals surface area contributed by atoms with E-state index in [0.717, 1.165) is 31.7 Å². The van der Waals surface area contributed by atoms with Gasteiger partial charge in [0.05, 0.1) is 12.9 Å². The smallest absolute Gasteiger partial charge is 0.0876 e. The molecule has 1 aromatic carbocycles. The third kappa shape index (κ3) is 4.92. The van der Waals surface area contributed by atoms with E-state index >= 15 is 0 Å². The van der Waals surface area contributed by atoms with Crippen molar-refractivity contribution in [2.24, 2.45) is 0 Å². The lowest BCUT2D eigenvalue weighted by molar-refractivity contribution is 0.220. The average molecular weight is 277 g/mol. The molecule has 1 N–H and O–H groups in total. The molecule has 0 aromatic heterocycles. The van der Waals surface area contributed by atoms with Crippen LogP contribution < -0.4 is 5.32 Å². The normalized spacial score (nSPS) is 16.6. The Morgan fingerprint density at radius 2 is 2.16 bits per heavy atom. The van der Waals surface area contributed by atoms with Crippen LogP contribution in [-0.2, 0) is 4.74 Å². The van der Waals surface area contributed by atoms with Gasteiger partial charge in [0.1, 0.15) is 0 Å². The fraction of sp³-hybridized carbons (Fsp3) is 0.500. The summed E-state index contributed by atoms with van der Waals surface area (Å²) in [6, 6.07) is 11.0. The number of hydrogen-bond donors (Lipinski definition) is 1. The van der Waals surface area contributed by atoms with Crippen LogP contribution in [0.2, 0.25) is 0 Å². The second-order valence-electron chi connectivity index (χ2n) is 4.80. The summed E-state index contributed by atoms with van der Waals surface area (Å²) in [5.74, 6) is 1.07. The lowest BCUT2D eigenvalue weighted by Gasteiger charge is -2.24. The summed E-state index contributed by atoms with van der Waals surface area (Å²) in [6.45, 7) is 4.15. The van der Waals surface area contributed by atoms with Crippen LogP contribution >= 0.6 is 11.8 Å². The Kier molecular flexibility index (Phi) is 6.31. The number of nitrogens with one attached hydrogen (secondary N) is 1. The van der Waals surface area contributed by atoms with Crippen LogP contribution in [0.1, 0.15) is 26.2 Å². The summed E-state index contributed by atoms with van der Waals surface area (Å²) >= 11 is 1.91. The Hall–Kier alpha value is -0.930. The van der Waals surface area contributed by atoms with Gasteiger partial charge in [-0.2, -0.15) is 0 Å². The molecule has 0 spiro atoms. The molecule has 104 valence electrons. The van der Waals surface area contributed by atoms with Gasteiger partial charge in [-0.05, 0) is 43.5 Å². The van der Waals surface area contributed by atoms with E-state index < -0.39 is 0 Å². The maximum atomic E-state index is 5.48. The van der Waals surface area contributed by atoms with E-state index in [9.17, 15) is 0 Å². The molecule has 1 unspecified atom stereocenters. The van der Waals surface area contributed by atoms with Crippen LogP contribution in [0.4, 0.5) is 0 Å². The monoisotopic (exact) mass is 277 g/mol. The number of hydrogen-bond acceptors (Lipinski definition) is 3. The van der Waals surface area contributed by atoms with Crippen molar-refractivity contribution >= 4 is 11.8 Å². The number of thioether (sulfide) groups is 1. The summed E-state index contributed by atoms with van der Waals surface area (Å²) in [6.07, 6.45) is 5.45. The molecular weight excluding hydrogens is 254 g/mol. The van der Waals surface area contributed by atoms with E-state index in [1.165, 1.54) is 16.9 Å². The molecular formula is C16H23NOS. The van der Waals surface area contributed by atoms with Gasteiger partial charge in [0.15, 0.2) is 0 Å². The molecule has 2 nitrogen and oxygen atoms in total. The molecule has 0 bridgehead atoms. The van der Waals surface area contributed by atoms with E-state index in [-0.39, 0.29) is 0 Å². The lowest BCUT2D eigenvalue weighted by Crippen LogP contribution is -2.34. The van der Waals surface area contributed by atoms with Crippen molar-refractivity contribution in [2.45, 2.75) is 37.1 Å². The van der Waals surface area contributed by atoms with Gasteiger partial charge < -0.3 is 10.1 Å². The molecule has 0 saturated heterocycles. The largest absolute Gasteiger partial charge is 0.501 e. The molecule has 3 heteroatoms. The standard InChI is InChI=1S/C16H23NOS/c1-2-10-17-16(14-7-6-11-18-12-14)13-19-15-8-4-3-5-9-15/h3-5,8-9,12,16-17H,2,6-7,10-11,13H2,1H3.